The molecule has 2 aromatic rings. The van der Waals surface area contributed by atoms with Gasteiger partial charge in [-0.05, 0) is 42.7 Å². The van der Waals surface area contributed by atoms with Crippen molar-refractivity contribution in [2.75, 3.05) is 5.32 Å². The highest BCUT2D eigenvalue weighted by atomic mass is 19.4. The molecule has 0 aliphatic carbocycles. The van der Waals surface area contributed by atoms with E-state index in [1.165, 1.54) is 12.1 Å². The van der Waals surface area contributed by atoms with E-state index >= 15 is 0 Å². The Balaban J connectivity index is 1.39. The number of amides is 5. The van der Waals surface area contributed by atoms with Crippen molar-refractivity contribution in [2.45, 2.75) is 44.4 Å². The molecule has 0 saturated carbocycles. The second kappa shape index (κ2) is 10.5. The molecule has 0 bridgehead atoms. The topological polar surface area (TPSA) is 125 Å². The molecule has 2 aromatic carbocycles. The van der Waals surface area contributed by atoms with Gasteiger partial charge in [-0.25, -0.2) is 0 Å². The van der Waals surface area contributed by atoms with Gasteiger partial charge >= 0.3 is 6.18 Å². The van der Waals surface area contributed by atoms with Crippen molar-refractivity contribution in [1.82, 2.24) is 15.5 Å². The van der Waals surface area contributed by atoms with Crippen LogP contribution in [0.25, 0.3) is 0 Å². The second-order valence-corrected chi connectivity index (χ2v) is 8.95. The summed E-state index contributed by atoms with van der Waals surface area (Å²) in [6.07, 6.45) is -3.64. The Hall–Kier alpha value is -4.48. The van der Waals surface area contributed by atoms with Crippen molar-refractivity contribution in [3.8, 4) is 0 Å². The van der Waals surface area contributed by atoms with E-state index in [4.69, 9.17) is 0 Å². The third-order valence-corrected chi connectivity index (χ3v) is 6.14. The van der Waals surface area contributed by atoms with Gasteiger partial charge in [0.05, 0.1) is 18.0 Å². The van der Waals surface area contributed by atoms with Gasteiger partial charge in [0.2, 0.25) is 17.7 Å². The summed E-state index contributed by atoms with van der Waals surface area (Å²) in [5, 5.41) is 7.71. The Morgan fingerprint density at radius 3 is 2.55 bits per heavy atom. The molecule has 38 heavy (non-hydrogen) atoms. The number of halogens is 3. The summed E-state index contributed by atoms with van der Waals surface area (Å²) in [6.45, 7) is 1.69. The van der Waals surface area contributed by atoms with E-state index in [1.54, 1.807) is 31.2 Å². The lowest BCUT2D eigenvalue weighted by molar-refractivity contribution is -0.149. The first-order valence-electron chi connectivity index (χ1n) is 11.7. The number of nitrogens with zero attached hydrogens (tertiary/aromatic N) is 1. The summed E-state index contributed by atoms with van der Waals surface area (Å²) in [7, 11) is 0. The number of carbonyl (C=O) groups is 5. The fourth-order valence-corrected chi connectivity index (χ4v) is 4.26. The summed E-state index contributed by atoms with van der Waals surface area (Å²) in [6, 6.07) is 9.59. The number of benzene rings is 2. The van der Waals surface area contributed by atoms with Gasteiger partial charge in [0.25, 0.3) is 11.8 Å². The van der Waals surface area contributed by atoms with E-state index in [-0.39, 0.29) is 30.5 Å². The summed E-state index contributed by atoms with van der Waals surface area (Å²) in [5.74, 6) is -3.05. The van der Waals surface area contributed by atoms with Crippen molar-refractivity contribution < 1.29 is 37.1 Å². The van der Waals surface area contributed by atoms with Gasteiger partial charge in [-0.3, -0.25) is 34.2 Å². The fraction of sp³-hybridized carbons (Fsp3) is 0.269. The van der Waals surface area contributed by atoms with Gasteiger partial charge in [-0.2, -0.15) is 13.2 Å². The molecule has 2 atom stereocenters. The normalized spacial score (nSPS) is 18.7. The van der Waals surface area contributed by atoms with E-state index in [1.807, 2.05) is 0 Å². The number of piperidine rings is 1. The number of anilines is 1. The lowest BCUT2D eigenvalue weighted by Crippen LogP contribution is -2.54. The third kappa shape index (κ3) is 5.90. The van der Waals surface area contributed by atoms with Crippen molar-refractivity contribution in [2.24, 2.45) is 0 Å². The molecule has 0 spiro atoms. The number of alkyl halides is 3. The highest BCUT2D eigenvalue weighted by Gasteiger charge is 2.42. The first-order chi connectivity index (χ1) is 17.9. The molecule has 2 aliphatic heterocycles. The Bertz CT molecular complexity index is 1350. The minimum atomic E-state index is -4.51. The van der Waals surface area contributed by atoms with Gasteiger partial charge in [-0.15, -0.1) is 0 Å². The lowest BCUT2D eigenvalue weighted by atomic mass is 10.0. The quantitative estimate of drug-likeness (QED) is 0.475. The van der Waals surface area contributed by atoms with Crippen molar-refractivity contribution in [1.29, 1.82) is 0 Å². The monoisotopic (exact) mass is 528 g/mol. The van der Waals surface area contributed by atoms with Crippen LogP contribution in [0.3, 0.4) is 0 Å². The minimum Gasteiger partial charge on any atom is -0.351 e. The maximum Gasteiger partial charge on any atom is 0.416 e. The SMILES string of the molecule is CC(NC(=O)Cc1cccc(C(F)(F)F)c1)c1cccc(NC2=CC(=O)N(C3CCC(=O)NC3=O)C2=O)c1. The van der Waals surface area contributed by atoms with Crippen LogP contribution in [0.15, 0.2) is 60.3 Å². The maximum absolute atomic E-state index is 12.9. The third-order valence-electron chi connectivity index (χ3n) is 6.14. The molecule has 9 nitrogen and oxygen atoms in total. The number of rotatable bonds is 7. The molecule has 2 heterocycles. The fourth-order valence-electron chi connectivity index (χ4n) is 4.26. The Labute approximate surface area is 215 Å². The van der Waals surface area contributed by atoms with Crippen molar-refractivity contribution in [3.05, 3.63) is 77.0 Å². The Kier molecular flexibility index (Phi) is 7.33. The van der Waals surface area contributed by atoms with Crippen LogP contribution in [0.5, 0.6) is 0 Å². The predicted molar refractivity (Wildman–Crippen MR) is 128 cm³/mol. The molecule has 0 aromatic heterocycles. The molecule has 198 valence electrons. The number of imide groups is 2. The number of carbonyl (C=O) groups excluding carboxylic acids is 5. The van der Waals surface area contributed by atoms with Crippen LogP contribution >= 0.6 is 0 Å². The van der Waals surface area contributed by atoms with Crippen molar-refractivity contribution >= 4 is 35.2 Å². The van der Waals surface area contributed by atoms with Crippen LogP contribution in [-0.2, 0) is 36.6 Å². The zero-order chi connectivity index (χ0) is 27.6. The number of hydrogen-bond acceptors (Lipinski definition) is 6. The van der Waals surface area contributed by atoms with Gasteiger partial charge < -0.3 is 10.6 Å². The molecular weight excluding hydrogens is 505 g/mol. The van der Waals surface area contributed by atoms with Crippen LogP contribution in [0, 0.1) is 0 Å². The van der Waals surface area contributed by atoms with Crippen molar-refractivity contribution in [3.63, 3.8) is 0 Å². The molecule has 3 N–H and O–H groups in total. The summed E-state index contributed by atoms with van der Waals surface area (Å²) >= 11 is 0. The van der Waals surface area contributed by atoms with Crippen LogP contribution < -0.4 is 16.0 Å². The largest absolute Gasteiger partial charge is 0.416 e. The van der Waals surface area contributed by atoms with Crippen LogP contribution in [-0.4, -0.2) is 40.5 Å². The summed E-state index contributed by atoms with van der Waals surface area (Å²) < 4.78 is 38.8. The molecule has 5 amide bonds. The smallest absolute Gasteiger partial charge is 0.351 e. The molecule has 1 fully saturated rings. The summed E-state index contributed by atoms with van der Waals surface area (Å²) in [4.78, 5) is 62.1. The predicted octanol–water partition coefficient (Wildman–Crippen LogP) is 2.60. The second-order valence-electron chi connectivity index (χ2n) is 8.95. The van der Waals surface area contributed by atoms with E-state index in [0.717, 1.165) is 23.1 Å². The summed E-state index contributed by atoms with van der Waals surface area (Å²) in [5.41, 5.74) is 0.390. The van der Waals surface area contributed by atoms with Crippen LogP contribution in [0.4, 0.5) is 18.9 Å². The van der Waals surface area contributed by atoms with Gasteiger partial charge in [0.1, 0.15) is 11.7 Å². The number of hydrogen-bond donors (Lipinski definition) is 3. The zero-order valence-corrected chi connectivity index (χ0v) is 20.1. The highest BCUT2D eigenvalue weighted by Crippen LogP contribution is 2.30. The van der Waals surface area contributed by atoms with Crippen LogP contribution in [0.1, 0.15) is 42.5 Å². The van der Waals surface area contributed by atoms with Gasteiger partial charge in [-0.1, -0.05) is 30.3 Å². The minimum absolute atomic E-state index is 0.00957. The highest BCUT2D eigenvalue weighted by molar-refractivity contribution is 6.20. The first-order valence-corrected chi connectivity index (χ1v) is 11.7. The van der Waals surface area contributed by atoms with Crippen LogP contribution in [0.2, 0.25) is 0 Å². The van der Waals surface area contributed by atoms with E-state index in [9.17, 15) is 37.1 Å². The molecule has 2 aliphatic rings. The standard InChI is InChI=1S/C26H23F3N4O5/c1-14(30-22(35)11-15-4-2-6-17(10-15)26(27,28)29)16-5-3-7-18(12-16)31-19-13-23(36)33(25(19)38)20-8-9-21(34)32-24(20)37/h2-7,10,12-14,20,31H,8-9,11H2,1H3,(H,30,35)(H,32,34,37). The van der Waals surface area contributed by atoms with E-state index < -0.39 is 53.4 Å². The molecule has 0 radical (unpaired) electrons. The van der Waals surface area contributed by atoms with E-state index in [2.05, 4.69) is 16.0 Å². The molecule has 1 saturated heterocycles. The molecule has 12 heteroatoms. The van der Waals surface area contributed by atoms with E-state index in [0.29, 0.717) is 11.3 Å². The Morgan fingerprint density at radius 1 is 1.11 bits per heavy atom. The Morgan fingerprint density at radius 2 is 1.84 bits per heavy atom. The average molecular weight is 528 g/mol. The molecule has 2 unspecified atom stereocenters. The zero-order valence-electron chi connectivity index (χ0n) is 20.1. The average Bonchev–Trinajstić information content (AvgIpc) is 3.11. The van der Waals surface area contributed by atoms with Gasteiger partial charge in [0, 0.05) is 18.2 Å². The van der Waals surface area contributed by atoms with Gasteiger partial charge in [0.15, 0.2) is 0 Å². The maximum atomic E-state index is 12.9. The first kappa shape index (κ1) is 26.6. The number of nitrogens with one attached hydrogen (secondary N) is 3. The molecule has 4 rings (SSSR count). The molecular formula is C26H23F3N4O5. The lowest BCUT2D eigenvalue weighted by Gasteiger charge is -2.28.